The lowest BCUT2D eigenvalue weighted by Crippen LogP contribution is -2.41. The zero-order chi connectivity index (χ0) is 20.7. The van der Waals surface area contributed by atoms with Crippen molar-refractivity contribution in [2.24, 2.45) is 5.41 Å². The molecule has 150 valence electrons. The normalized spacial score (nSPS) is 18.6. The maximum Gasteiger partial charge on any atom is 0.494 e. The Balaban J connectivity index is 1.82. The van der Waals surface area contributed by atoms with E-state index in [0.717, 1.165) is 22.8 Å². The van der Waals surface area contributed by atoms with Gasteiger partial charge < -0.3 is 19.0 Å². The smallest absolute Gasteiger partial charge is 0.466 e. The second-order valence-electron chi connectivity index (χ2n) is 9.56. The van der Waals surface area contributed by atoms with Gasteiger partial charge in [0.1, 0.15) is 7.85 Å². The summed E-state index contributed by atoms with van der Waals surface area (Å²) in [4.78, 5) is 14.9. The molecule has 1 fully saturated rings. The summed E-state index contributed by atoms with van der Waals surface area (Å²) in [7, 11) is 1.43. The standard InChI is InChI=1S/C21H31B2NO4/c1-19(2,13-26-18(25)11-22)10-14-12-24-17-8-7-15(9-16(14)17)23-27-20(3,4)21(5,6)28-23/h7-9,12,24H,10-11,13,22H2,1-6H3. The van der Waals surface area contributed by atoms with Crippen LogP contribution in [0.1, 0.15) is 47.1 Å². The highest BCUT2D eigenvalue weighted by atomic mass is 16.7. The Kier molecular flexibility index (Phi) is 5.45. The van der Waals surface area contributed by atoms with Gasteiger partial charge in [0.05, 0.1) is 17.8 Å². The zero-order valence-electron chi connectivity index (χ0n) is 18.1. The third-order valence-corrected chi connectivity index (χ3v) is 5.90. The van der Waals surface area contributed by atoms with Gasteiger partial charge in [-0.15, -0.1) is 0 Å². The van der Waals surface area contributed by atoms with Crippen molar-refractivity contribution in [1.82, 2.24) is 4.98 Å². The summed E-state index contributed by atoms with van der Waals surface area (Å²) in [6.45, 7) is 12.9. The number of ether oxygens (including phenoxy) is 1. The van der Waals surface area contributed by atoms with Crippen LogP contribution in [0.4, 0.5) is 0 Å². The molecule has 28 heavy (non-hydrogen) atoms. The molecule has 1 aliphatic heterocycles. The summed E-state index contributed by atoms with van der Waals surface area (Å²) in [6, 6.07) is 6.28. The van der Waals surface area contributed by atoms with Crippen LogP contribution in [0.5, 0.6) is 0 Å². The number of H-pyrrole nitrogens is 1. The number of aromatic nitrogens is 1. The molecule has 1 N–H and O–H groups in total. The lowest BCUT2D eigenvalue weighted by Gasteiger charge is -2.32. The Morgan fingerprint density at radius 2 is 1.86 bits per heavy atom. The van der Waals surface area contributed by atoms with Crippen molar-refractivity contribution in [3.8, 4) is 0 Å². The third kappa shape index (κ3) is 4.15. The lowest BCUT2D eigenvalue weighted by atomic mass is 9.78. The van der Waals surface area contributed by atoms with Gasteiger partial charge in [-0.1, -0.05) is 26.0 Å². The number of hydrogen-bond acceptors (Lipinski definition) is 4. The SMILES string of the molecule is BCC(=O)OCC(C)(C)Cc1c[nH]c2ccc(B3OC(C)(C)C(C)(C)O3)cc12. The first-order valence-corrected chi connectivity index (χ1v) is 10.1. The van der Waals surface area contributed by atoms with Gasteiger partial charge in [-0.3, -0.25) is 4.79 Å². The van der Waals surface area contributed by atoms with E-state index in [1.807, 2.05) is 14.0 Å². The first-order valence-electron chi connectivity index (χ1n) is 10.1. The van der Waals surface area contributed by atoms with Gasteiger partial charge in [-0.2, -0.15) is 0 Å². The molecule has 3 rings (SSSR count). The molecule has 2 aromatic rings. The average Bonchev–Trinajstić information content (AvgIpc) is 3.09. The molecule has 1 aromatic carbocycles. The quantitative estimate of drug-likeness (QED) is 0.616. The van der Waals surface area contributed by atoms with E-state index in [4.69, 9.17) is 14.0 Å². The Morgan fingerprint density at radius 1 is 1.21 bits per heavy atom. The fourth-order valence-corrected chi connectivity index (χ4v) is 3.41. The van der Waals surface area contributed by atoms with E-state index >= 15 is 0 Å². The molecule has 0 bridgehead atoms. The maximum atomic E-state index is 11.5. The summed E-state index contributed by atoms with van der Waals surface area (Å²) < 4.78 is 17.8. The highest BCUT2D eigenvalue weighted by Crippen LogP contribution is 2.37. The Morgan fingerprint density at radius 3 is 2.46 bits per heavy atom. The van der Waals surface area contributed by atoms with Gasteiger partial charge >= 0.3 is 7.12 Å². The van der Waals surface area contributed by atoms with E-state index in [-0.39, 0.29) is 29.7 Å². The highest BCUT2D eigenvalue weighted by molar-refractivity contribution is 6.62. The molecule has 0 saturated carbocycles. The number of benzene rings is 1. The second-order valence-corrected chi connectivity index (χ2v) is 9.56. The number of esters is 1. The monoisotopic (exact) mass is 383 g/mol. The maximum absolute atomic E-state index is 11.5. The Labute approximate surface area is 169 Å². The fraction of sp³-hybridized carbons (Fsp3) is 0.571. The zero-order valence-corrected chi connectivity index (χ0v) is 18.1. The molecule has 1 aliphatic rings. The van der Waals surface area contributed by atoms with Crippen molar-refractivity contribution in [2.75, 3.05) is 6.61 Å². The lowest BCUT2D eigenvalue weighted by molar-refractivity contribution is -0.143. The summed E-state index contributed by atoms with van der Waals surface area (Å²) in [5.41, 5.74) is 2.42. The van der Waals surface area contributed by atoms with Gasteiger partial charge in [0.15, 0.2) is 0 Å². The predicted molar refractivity (Wildman–Crippen MR) is 116 cm³/mol. The minimum absolute atomic E-state index is 0.152. The molecule has 5 nitrogen and oxygen atoms in total. The number of carbonyl (C=O) groups is 1. The summed E-state index contributed by atoms with van der Waals surface area (Å²) >= 11 is 0. The second kappa shape index (κ2) is 7.27. The largest absolute Gasteiger partial charge is 0.494 e. The first kappa shape index (κ1) is 21.0. The molecule has 1 saturated heterocycles. The van der Waals surface area contributed by atoms with Crippen LogP contribution in [0, 0.1) is 5.41 Å². The molecular formula is C21H31B2NO4. The number of nitrogens with one attached hydrogen (secondary N) is 1. The summed E-state index contributed by atoms with van der Waals surface area (Å²) in [5, 5.41) is 1.15. The first-order chi connectivity index (χ1) is 12.9. The van der Waals surface area contributed by atoms with Crippen molar-refractivity contribution < 1.29 is 18.8 Å². The summed E-state index contributed by atoms with van der Waals surface area (Å²) in [5.74, 6) is -0.157. The van der Waals surface area contributed by atoms with E-state index < -0.39 is 0 Å². The van der Waals surface area contributed by atoms with Crippen LogP contribution < -0.4 is 5.46 Å². The minimum Gasteiger partial charge on any atom is -0.466 e. The van der Waals surface area contributed by atoms with Gasteiger partial charge in [-0.05, 0) is 51.2 Å². The van der Waals surface area contributed by atoms with Crippen LogP contribution in [-0.4, -0.2) is 43.7 Å². The van der Waals surface area contributed by atoms with E-state index in [1.165, 1.54) is 5.56 Å². The third-order valence-electron chi connectivity index (χ3n) is 5.90. The van der Waals surface area contributed by atoms with Crippen LogP contribution in [-0.2, 0) is 25.3 Å². The van der Waals surface area contributed by atoms with Crippen LogP contribution in [0.15, 0.2) is 24.4 Å². The van der Waals surface area contributed by atoms with Crippen molar-refractivity contribution in [1.29, 1.82) is 0 Å². The fourth-order valence-electron chi connectivity index (χ4n) is 3.41. The number of rotatable bonds is 6. The number of hydrogen-bond donors (Lipinski definition) is 1. The highest BCUT2D eigenvalue weighted by Gasteiger charge is 2.51. The molecule has 7 heteroatoms. The van der Waals surface area contributed by atoms with Crippen LogP contribution in [0.3, 0.4) is 0 Å². The molecule has 1 aromatic heterocycles. The molecule has 0 unspecified atom stereocenters. The predicted octanol–water partition coefficient (Wildman–Crippen LogP) is 2.63. The van der Waals surface area contributed by atoms with Crippen LogP contribution >= 0.6 is 0 Å². The van der Waals surface area contributed by atoms with Gasteiger partial charge in [0.25, 0.3) is 5.97 Å². The molecule has 0 aliphatic carbocycles. The van der Waals surface area contributed by atoms with Crippen molar-refractivity contribution >= 4 is 37.3 Å². The number of carbonyl (C=O) groups excluding carboxylic acids is 1. The Hall–Kier alpha value is -1.72. The van der Waals surface area contributed by atoms with E-state index in [1.54, 1.807) is 0 Å². The van der Waals surface area contributed by atoms with E-state index in [9.17, 15) is 4.79 Å². The summed E-state index contributed by atoms with van der Waals surface area (Å²) in [6.07, 6.45) is 3.25. The molecule has 0 amide bonds. The van der Waals surface area contributed by atoms with Gasteiger partial charge in [-0.25, -0.2) is 0 Å². The van der Waals surface area contributed by atoms with E-state index in [2.05, 4.69) is 64.7 Å². The minimum atomic E-state index is -0.379. The average molecular weight is 383 g/mol. The Bertz CT molecular complexity index is 856. The van der Waals surface area contributed by atoms with Crippen molar-refractivity contribution in [3.63, 3.8) is 0 Å². The topological polar surface area (TPSA) is 60.6 Å². The molecule has 0 spiro atoms. The van der Waals surface area contributed by atoms with E-state index in [0.29, 0.717) is 12.9 Å². The van der Waals surface area contributed by atoms with Crippen LogP contribution in [0.25, 0.3) is 10.9 Å². The number of fused-ring (bicyclic) bond motifs is 1. The molecule has 2 heterocycles. The molecule has 0 atom stereocenters. The van der Waals surface area contributed by atoms with Gasteiger partial charge in [0.2, 0.25) is 0 Å². The van der Waals surface area contributed by atoms with Gasteiger partial charge in [0, 0.05) is 28.8 Å². The van der Waals surface area contributed by atoms with Crippen molar-refractivity contribution in [2.45, 2.75) is 65.5 Å². The molecule has 0 radical (unpaired) electrons. The number of aromatic amines is 1. The molecular weight excluding hydrogens is 352 g/mol. The van der Waals surface area contributed by atoms with Crippen molar-refractivity contribution in [3.05, 3.63) is 30.0 Å². The van der Waals surface area contributed by atoms with Crippen LogP contribution in [0.2, 0.25) is 6.32 Å².